The van der Waals surface area contributed by atoms with E-state index in [1.807, 2.05) is 26.2 Å². The first-order chi connectivity index (χ1) is 7.24. The molecule has 1 aromatic rings. The Hall–Kier alpha value is -0.930. The van der Waals surface area contributed by atoms with Crippen molar-refractivity contribution in [1.82, 2.24) is 4.98 Å². The second-order valence-corrected chi connectivity index (χ2v) is 3.74. The Labute approximate surface area is 91.7 Å². The highest BCUT2D eigenvalue weighted by molar-refractivity contribution is 5.19. The van der Waals surface area contributed by atoms with E-state index in [2.05, 4.69) is 11.1 Å². The fourth-order valence-corrected chi connectivity index (χ4v) is 1.50. The van der Waals surface area contributed by atoms with Gasteiger partial charge in [0.2, 0.25) is 0 Å². The van der Waals surface area contributed by atoms with Gasteiger partial charge in [-0.25, -0.2) is 0 Å². The van der Waals surface area contributed by atoms with Crippen molar-refractivity contribution in [3.8, 4) is 0 Å². The van der Waals surface area contributed by atoms with Gasteiger partial charge in [-0.3, -0.25) is 4.98 Å². The summed E-state index contributed by atoms with van der Waals surface area (Å²) in [6, 6.07) is 2.18. The van der Waals surface area contributed by atoms with Crippen molar-refractivity contribution in [2.45, 2.75) is 32.7 Å². The Kier molecular flexibility index (Phi) is 5.29. The molecule has 0 saturated carbocycles. The van der Waals surface area contributed by atoms with Gasteiger partial charge >= 0.3 is 0 Å². The van der Waals surface area contributed by atoms with E-state index in [9.17, 15) is 0 Å². The van der Waals surface area contributed by atoms with Crippen LogP contribution in [0.15, 0.2) is 18.5 Å². The van der Waals surface area contributed by atoms with Gasteiger partial charge in [-0.15, -0.1) is 0 Å². The minimum Gasteiger partial charge on any atom is -0.382 e. The zero-order valence-electron chi connectivity index (χ0n) is 9.57. The van der Waals surface area contributed by atoms with Crippen molar-refractivity contribution in [2.24, 2.45) is 5.73 Å². The summed E-state index contributed by atoms with van der Waals surface area (Å²) in [4.78, 5) is 4.14. The number of nitrogens with two attached hydrogens (primary N) is 1. The van der Waals surface area contributed by atoms with Crippen LogP contribution in [0, 0.1) is 6.92 Å². The highest BCUT2D eigenvalue weighted by atomic mass is 16.5. The summed E-state index contributed by atoms with van der Waals surface area (Å²) in [6.45, 7) is 5.61. The van der Waals surface area contributed by atoms with Gasteiger partial charge in [-0.1, -0.05) is 6.07 Å². The second-order valence-electron chi connectivity index (χ2n) is 3.74. The maximum atomic E-state index is 6.05. The number of aromatic nitrogens is 1. The van der Waals surface area contributed by atoms with Gasteiger partial charge in [0.1, 0.15) is 0 Å². The third-order valence-corrected chi connectivity index (χ3v) is 2.33. The summed E-state index contributed by atoms with van der Waals surface area (Å²) in [5.41, 5.74) is 8.33. The Morgan fingerprint density at radius 2 is 2.27 bits per heavy atom. The van der Waals surface area contributed by atoms with Crippen molar-refractivity contribution in [3.63, 3.8) is 0 Å². The lowest BCUT2D eigenvalue weighted by Crippen LogP contribution is -2.11. The highest BCUT2D eigenvalue weighted by Crippen LogP contribution is 2.15. The van der Waals surface area contributed by atoms with Crippen LogP contribution in [0.1, 0.15) is 36.9 Å². The molecule has 3 heteroatoms. The van der Waals surface area contributed by atoms with Crippen LogP contribution >= 0.6 is 0 Å². The van der Waals surface area contributed by atoms with Crippen LogP contribution in [0.3, 0.4) is 0 Å². The van der Waals surface area contributed by atoms with E-state index in [4.69, 9.17) is 10.5 Å². The van der Waals surface area contributed by atoms with E-state index in [1.165, 1.54) is 0 Å². The molecule has 2 N–H and O–H groups in total. The zero-order valence-corrected chi connectivity index (χ0v) is 9.57. The first-order valence-corrected chi connectivity index (χ1v) is 5.49. The molecule has 15 heavy (non-hydrogen) atoms. The number of pyridine rings is 1. The summed E-state index contributed by atoms with van der Waals surface area (Å²) < 4.78 is 5.27. The number of aryl methyl sites for hydroxylation is 1. The molecule has 0 aliphatic carbocycles. The molecule has 0 aliphatic heterocycles. The minimum atomic E-state index is 0.0813. The number of rotatable bonds is 6. The van der Waals surface area contributed by atoms with E-state index in [-0.39, 0.29) is 6.04 Å². The maximum Gasteiger partial charge on any atom is 0.0466 e. The first kappa shape index (κ1) is 12.1. The average molecular weight is 208 g/mol. The molecular formula is C12H20N2O. The lowest BCUT2D eigenvalue weighted by atomic mass is 10.0. The maximum absolute atomic E-state index is 6.05. The molecule has 3 nitrogen and oxygen atoms in total. The van der Waals surface area contributed by atoms with Crippen LogP contribution in [0.5, 0.6) is 0 Å². The third kappa shape index (κ3) is 4.40. The van der Waals surface area contributed by atoms with E-state index >= 15 is 0 Å². The fraction of sp³-hybridized carbons (Fsp3) is 0.583. The lowest BCUT2D eigenvalue weighted by molar-refractivity contribution is 0.142. The van der Waals surface area contributed by atoms with Gasteiger partial charge in [0.15, 0.2) is 0 Å². The largest absolute Gasteiger partial charge is 0.382 e. The molecule has 84 valence electrons. The molecule has 1 rings (SSSR count). The van der Waals surface area contributed by atoms with Gasteiger partial charge < -0.3 is 10.5 Å². The molecule has 0 radical (unpaired) electrons. The van der Waals surface area contributed by atoms with Crippen LogP contribution < -0.4 is 5.73 Å². The molecule has 0 spiro atoms. The number of hydrogen-bond acceptors (Lipinski definition) is 3. The van der Waals surface area contributed by atoms with Crippen molar-refractivity contribution in [2.75, 3.05) is 13.2 Å². The van der Waals surface area contributed by atoms with Crippen LogP contribution in [0.2, 0.25) is 0 Å². The van der Waals surface area contributed by atoms with E-state index < -0.39 is 0 Å². The standard InChI is InChI=1S/C12H20N2O/c1-3-15-6-4-5-12(13)11-7-10(2)8-14-9-11/h7-9,12H,3-6,13H2,1-2H3. The minimum absolute atomic E-state index is 0.0813. The molecule has 1 atom stereocenters. The van der Waals surface area contributed by atoms with Crippen molar-refractivity contribution in [3.05, 3.63) is 29.6 Å². The molecule has 1 unspecified atom stereocenters. The van der Waals surface area contributed by atoms with Gasteiger partial charge in [0.25, 0.3) is 0 Å². The predicted octanol–water partition coefficient (Wildman–Crippen LogP) is 2.21. The zero-order chi connectivity index (χ0) is 11.1. The van der Waals surface area contributed by atoms with Gasteiger partial charge in [-0.2, -0.15) is 0 Å². The molecule has 0 amide bonds. The summed E-state index contributed by atoms with van der Waals surface area (Å²) in [5.74, 6) is 0. The van der Waals surface area contributed by atoms with Crippen molar-refractivity contribution in [1.29, 1.82) is 0 Å². The lowest BCUT2D eigenvalue weighted by Gasteiger charge is -2.11. The molecule has 0 aromatic carbocycles. The third-order valence-electron chi connectivity index (χ3n) is 2.33. The first-order valence-electron chi connectivity index (χ1n) is 5.49. The monoisotopic (exact) mass is 208 g/mol. The SMILES string of the molecule is CCOCCCC(N)c1cncc(C)c1. The molecule has 0 bridgehead atoms. The quantitative estimate of drug-likeness (QED) is 0.729. The van der Waals surface area contributed by atoms with E-state index in [1.54, 1.807) is 0 Å². The fourth-order valence-electron chi connectivity index (χ4n) is 1.50. The van der Waals surface area contributed by atoms with Crippen LogP contribution in [0.25, 0.3) is 0 Å². The summed E-state index contributed by atoms with van der Waals surface area (Å²) in [6.07, 6.45) is 5.64. The summed E-state index contributed by atoms with van der Waals surface area (Å²) >= 11 is 0. The van der Waals surface area contributed by atoms with E-state index in [0.29, 0.717) is 0 Å². The number of ether oxygens (including phenoxy) is 1. The summed E-state index contributed by atoms with van der Waals surface area (Å²) in [7, 11) is 0. The summed E-state index contributed by atoms with van der Waals surface area (Å²) in [5, 5.41) is 0. The Bertz CT molecular complexity index is 289. The molecule has 0 fully saturated rings. The van der Waals surface area contributed by atoms with Crippen molar-refractivity contribution < 1.29 is 4.74 Å². The molecule has 1 aromatic heterocycles. The van der Waals surface area contributed by atoms with Gasteiger partial charge in [0, 0.05) is 31.6 Å². The molecular weight excluding hydrogens is 188 g/mol. The number of nitrogens with zero attached hydrogens (tertiary/aromatic N) is 1. The normalized spacial score (nSPS) is 12.7. The smallest absolute Gasteiger partial charge is 0.0466 e. The molecule has 0 aliphatic rings. The van der Waals surface area contributed by atoms with Crippen molar-refractivity contribution >= 4 is 0 Å². The number of hydrogen-bond donors (Lipinski definition) is 1. The van der Waals surface area contributed by atoms with Gasteiger partial charge in [0.05, 0.1) is 0 Å². The molecule has 1 heterocycles. The second kappa shape index (κ2) is 6.53. The Morgan fingerprint density at radius 1 is 1.47 bits per heavy atom. The van der Waals surface area contributed by atoms with Crippen LogP contribution in [0.4, 0.5) is 0 Å². The van der Waals surface area contributed by atoms with Crippen LogP contribution in [-0.2, 0) is 4.74 Å². The topological polar surface area (TPSA) is 48.1 Å². The molecule has 0 saturated heterocycles. The van der Waals surface area contributed by atoms with Gasteiger partial charge in [-0.05, 0) is 37.8 Å². The predicted molar refractivity (Wildman–Crippen MR) is 61.6 cm³/mol. The van der Waals surface area contributed by atoms with Crippen LogP contribution in [-0.4, -0.2) is 18.2 Å². The van der Waals surface area contributed by atoms with E-state index in [0.717, 1.165) is 37.2 Å². The Morgan fingerprint density at radius 3 is 2.93 bits per heavy atom. The average Bonchev–Trinajstić information content (AvgIpc) is 2.24. The highest BCUT2D eigenvalue weighted by Gasteiger charge is 2.05. The Balaban J connectivity index is 2.36.